The first kappa shape index (κ1) is 14.6. The van der Waals surface area contributed by atoms with Gasteiger partial charge in [0.1, 0.15) is 0 Å². The number of amides is 1. The topological polar surface area (TPSA) is 87.2 Å². The molecule has 1 aromatic rings. The molecule has 0 aliphatic rings. The number of benzene rings is 1. The van der Waals surface area contributed by atoms with E-state index in [1.165, 1.54) is 17.0 Å². The number of nitrogens with zero attached hydrogens (tertiary/aromatic N) is 3. The second kappa shape index (κ2) is 5.96. The Morgan fingerprint density at radius 3 is 2.74 bits per heavy atom. The van der Waals surface area contributed by atoms with Crippen LogP contribution < -0.4 is 0 Å². The van der Waals surface area contributed by atoms with Crippen LogP contribution in [0, 0.1) is 34.3 Å². The molecule has 0 aliphatic carbocycles. The number of carbonyl (C=O) groups excluding carboxylic acids is 1. The van der Waals surface area contributed by atoms with Crippen LogP contribution in [0.3, 0.4) is 0 Å². The predicted molar refractivity (Wildman–Crippen MR) is 69.6 cm³/mol. The van der Waals surface area contributed by atoms with E-state index in [1.54, 1.807) is 27.0 Å². The summed E-state index contributed by atoms with van der Waals surface area (Å²) in [5, 5.41) is 19.4. The smallest absolute Gasteiger partial charge is 0.270 e. The minimum absolute atomic E-state index is 0.115. The summed E-state index contributed by atoms with van der Waals surface area (Å²) in [5.74, 6) is -0.601. The van der Waals surface area contributed by atoms with E-state index in [-0.39, 0.29) is 24.1 Å². The highest BCUT2D eigenvalue weighted by molar-refractivity contribution is 5.96. The minimum Gasteiger partial charge on any atom is -0.340 e. The summed E-state index contributed by atoms with van der Waals surface area (Å²) in [6, 6.07) is 6.23. The Hall–Kier alpha value is -2.42. The SMILES string of the molecule is Cc1ccc([N+](=O)[O-])cc1C(=O)N(C)CC(C)C#N. The number of aryl methyl sites for hydroxylation is 1. The van der Waals surface area contributed by atoms with E-state index >= 15 is 0 Å². The standard InChI is InChI=1S/C13H15N3O3/c1-9(7-14)8-15(3)13(17)12-6-11(16(18)19)5-4-10(12)2/h4-6,9H,8H2,1-3H3. The summed E-state index contributed by atoms with van der Waals surface area (Å²) >= 11 is 0. The third kappa shape index (κ3) is 3.52. The maximum Gasteiger partial charge on any atom is 0.270 e. The fourth-order valence-electron chi connectivity index (χ4n) is 1.69. The first-order valence-electron chi connectivity index (χ1n) is 5.77. The van der Waals surface area contributed by atoms with Crippen LogP contribution in [0.15, 0.2) is 18.2 Å². The van der Waals surface area contributed by atoms with Crippen molar-refractivity contribution in [2.75, 3.05) is 13.6 Å². The first-order chi connectivity index (χ1) is 8.86. The summed E-state index contributed by atoms with van der Waals surface area (Å²) < 4.78 is 0. The van der Waals surface area contributed by atoms with Gasteiger partial charge in [-0.25, -0.2) is 0 Å². The molecule has 1 atom stereocenters. The van der Waals surface area contributed by atoms with Crippen molar-refractivity contribution in [1.29, 1.82) is 5.26 Å². The molecule has 1 unspecified atom stereocenters. The molecule has 0 saturated heterocycles. The van der Waals surface area contributed by atoms with Crippen LogP contribution in [-0.2, 0) is 0 Å². The number of non-ortho nitro benzene ring substituents is 1. The molecule has 0 bridgehead atoms. The van der Waals surface area contributed by atoms with Crippen molar-refractivity contribution in [2.24, 2.45) is 5.92 Å². The Balaban J connectivity index is 3.02. The second-order valence-electron chi connectivity index (χ2n) is 4.47. The molecule has 1 aromatic carbocycles. The van der Waals surface area contributed by atoms with Crippen molar-refractivity contribution >= 4 is 11.6 Å². The van der Waals surface area contributed by atoms with E-state index in [0.717, 1.165) is 0 Å². The summed E-state index contributed by atoms with van der Waals surface area (Å²) in [6.07, 6.45) is 0. The maximum atomic E-state index is 12.2. The van der Waals surface area contributed by atoms with E-state index in [4.69, 9.17) is 5.26 Å². The van der Waals surface area contributed by atoms with Gasteiger partial charge in [0, 0.05) is 31.3 Å². The average Bonchev–Trinajstić information content (AvgIpc) is 2.37. The fourth-order valence-corrected chi connectivity index (χ4v) is 1.69. The summed E-state index contributed by atoms with van der Waals surface area (Å²) in [4.78, 5) is 23.8. The van der Waals surface area contributed by atoms with Crippen LogP contribution in [0.1, 0.15) is 22.8 Å². The number of carbonyl (C=O) groups is 1. The number of hydrogen-bond acceptors (Lipinski definition) is 4. The Bertz CT molecular complexity index is 549. The third-order valence-corrected chi connectivity index (χ3v) is 2.78. The van der Waals surface area contributed by atoms with Crippen molar-refractivity contribution in [3.05, 3.63) is 39.4 Å². The molecular weight excluding hydrogens is 246 g/mol. The second-order valence-corrected chi connectivity index (χ2v) is 4.47. The highest BCUT2D eigenvalue weighted by Gasteiger charge is 2.19. The Morgan fingerprint density at radius 1 is 1.58 bits per heavy atom. The molecule has 6 heteroatoms. The largest absolute Gasteiger partial charge is 0.340 e. The number of hydrogen-bond donors (Lipinski definition) is 0. The quantitative estimate of drug-likeness (QED) is 0.613. The van der Waals surface area contributed by atoms with Crippen LogP contribution in [0.2, 0.25) is 0 Å². The van der Waals surface area contributed by atoms with Crippen LogP contribution in [0.25, 0.3) is 0 Å². The van der Waals surface area contributed by atoms with E-state index in [9.17, 15) is 14.9 Å². The monoisotopic (exact) mass is 261 g/mol. The summed E-state index contributed by atoms with van der Waals surface area (Å²) in [5.41, 5.74) is 0.851. The predicted octanol–water partition coefficient (Wildman–Crippen LogP) is 2.13. The van der Waals surface area contributed by atoms with Crippen LogP contribution in [0.5, 0.6) is 0 Å². The molecule has 0 aromatic heterocycles. The molecule has 0 fully saturated rings. The molecule has 0 aliphatic heterocycles. The van der Waals surface area contributed by atoms with Crippen LogP contribution >= 0.6 is 0 Å². The lowest BCUT2D eigenvalue weighted by Crippen LogP contribution is -2.31. The number of nitro groups is 1. The molecule has 6 nitrogen and oxygen atoms in total. The van der Waals surface area contributed by atoms with E-state index in [0.29, 0.717) is 11.1 Å². The van der Waals surface area contributed by atoms with Crippen LogP contribution in [0.4, 0.5) is 5.69 Å². The van der Waals surface area contributed by atoms with E-state index in [1.807, 2.05) is 6.07 Å². The number of nitro benzene ring substituents is 1. The van der Waals surface area contributed by atoms with Gasteiger partial charge in [-0.05, 0) is 19.4 Å². The summed E-state index contributed by atoms with van der Waals surface area (Å²) in [7, 11) is 1.58. The van der Waals surface area contributed by atoms with Crippen molar-refractivity contribution in [3.63, 3.8) is 0 Å². The molecule has 0 heterocycles. The van der Waals surface area contributed by atoms with Crippen molar-refractivity contribution in [3.8, 4) is 6.07 Å². The molecule has 1 rings (SSSR count). The summed E-state index contributed by atoms with van der Waals surface area (Å²) in [6.45, 7) is 3.72. The van der Waals surface area contributed by atoms with Crippen molar-refractivity contribution in [2.45, 2.75) is 13.8 Å². The Kier molecular flexibility index (Phi) is 4.59. The highest BCUT2D eigenvalue weighted by atomic mass is 16.6. The van der Waals surface area contributed by atoms with E-state index < -0.39 is 4.92 Å². The molecule has 0 saturated carbocycles. The highest BCUT2D eigenvalue weighted by Crippen LogP contribution is 2.19. The van der Waals surface area contributed by atoms with Gasteiger partial charge < -0.3 is 4.90 Å². The first-order valence-corrected chi connectivity index (χ1v) is 5.77. The number of nitriles is 1. The maximum absolute atomic E-state index is 12.2. The Morgan fingerprint density at radius 2 is 2.21 bits per heavy atom. The van der Waals surface area contributed by atoms with Gasteiger partial charge >= 0.3 is 0 Å². The Labute approximate surface area is 111 Å². The molecule has 19 heavy (non-hydrogen) atoms. The molecule has 0 radical (unpaired) electrons. The molecule has 1 amide bonds. The van der Waals surface area contributed by atoms with Gasteiger partial charge in [-0.3, -0.25) is 14.9 Å². The van der Waals surface area contributed by atoms with Gasteiger partial charge in [0.2, 0.25) is 0 Å². The third-order valence-electron chi connectivity index (χ3n) is 2.78. The van der Waals surface area contributed by atoms with Gasteiger partial charge in [-0.1, -0.05) is 6.07 Å². The average molecular weight is 261 g/mol. The minimum atomic E-state index is -0.534. The zero-order valence-corrected chi connectivity index (χ0v) is 11.1. The molecular formula is C13H15N3O3. The zero-order valence-electron chi connectivity index (χ0n) is 11.1. The lowest BCUT2D eigenvalue weighted by atomic mass is 10.1. The zero-order chi connectivity index (χ0) is 14.6. The van der Waals surface area contributed by atoms with Gasteiger partial charge in [-0.2, -0.15) is 5.26 Å². The van der Waals surface area contributed by atoms with Gasteiger partial charge in [-0.15, -0.1) is 0 Å². The van der Waals surface area contributed by atoms with Crippen LogP contribution in [-0.4, -0.2) is 29.3 Å². The molecule has 100 valence electrons. The lowest BCUT2D eigenvalue weighted by Gasteiger charge is -2.19. The molecule has 0 N–H and O–H groups in total. The van der Waals surface area contributed by atoms with Crippen molar-refractivity contribution < 1.29 is 9.72 Å². The fraction of sp³-hybridized carbons (Fsp3) is 0.385. The normalized spacial score (nSPS) is 11.5. The van der Waals surface area contributed by atoms with Gasteiger partial charge in [0.25, 0.3) is 11.6 Å². The molecule has 0 spiro atoms. The number of rotatable bonds is 4. The van der Waals surface area contributed by atoms with Gasteiger partial charge in [0.15, 0.2) is 0 Å². The van der Waals surface area contributed by atoms with E-state index in [2.05, 4.69) is 0 Å². The lowest BCUT2D eigenvalue weighted by molar-refractivity contribution is -0.384. The van der Waals surface area contributed by atoms with Gasteiger partial charge in [0.05, 0.1) is 16.9 Å². The van der Waals surface area contributed by atoms with Crippen molar-refractivity contribution in [1.82, 2.24) is 4.90 Å².